The van der Waals surface area contributed by atoms with Crippen LogP contribution in [-0.4, -0.2) is 86.1 Å². The van der Waals surface area contributed by atoms with E-state index in [1.54, 1.807) is 23.1 Å². The number of fused-ring (bicyclic) bond motifs is 1. The van der Waals surface area contributed by atoms with Crippen LogP contribution >= 0.6 is 11.6 Å². The molecule has 0 aliphatic carbocycles. The molecule has 37 heavy (non-hydrogen) atoms. The fraction of sp³-hybridized carbons (Fsp3) is 0.400. The number of hydrogen-bond donors (Lipinski definition) is 1. The maximum absolute atomic E-state index is 13.4. The first kappa shape index (κ1) is 26.9. The van der Waals surface area contributed by atoms with E-state index in [1.807, 2.05) is 23.9 Å². The van der Waals surface area contributed by atoms with E-state index >= 15 is 0 Å². The third-order valence-electron chi connectivity index (χ3n) is 6.28. The molecule has 2 amide bonds. The number of hydrogen-bond acceptors (Lipinski definition) is 7. The zero-order valence-corrected chi connectivity index (χ0v) is 22.4. The predicted molar refractivity (Wildman–Crippen MR) is 140 cm³/mol. The Morgan fingerprint density at radius 3 is 2.76 bits per heavy atom. The molecule has 3 aromatic rings. The molecule has 1 N–H and O–H groups in total. The highest BCUT2D eigenvalue weighted by Crippen LogP contribution is 2.27. The number of ether oxygens (including phenoxy) is 2. The Hall–Kier alpha value is -3.15. The van der Waals surface area contributed by atoms with Crippen molar-refractivity contribution in [1.82, 2.24) is 19.8 Å². The summed E-state index contributed by atoms with van der Waals surface area (Å²) in [5.74, 6) is -0.417. The molecular weight excluding hydrogens is 520 g/mol. The number of sulfone groups is 1. The topological polar surface area (TPSA) is 120 Å². The van der Waals surface area contributed by atoms with E-state index in [4.69, 9.17) is 21.1 Å². The molecule has 12 heteroatoms. The number of rotatable bonds is 8. The van der Waals surface area contributed by atoms with E-state index in [-0.39, 0.29) is 41.1 Å². The van der Waals surface area contributed by atoms with Crippen LogP contribution in [0.2, 0.25) is 5.02 Å². The normalized spacial score (nSPS) is 16.1. The summed E-state index contributed by atoms with van der Waals surface area (Å²) in [5.41, 5.74) is 2.69. The second-order valence-electron chi connectivity index (χ2n) is 9.03. The maximum atomic E-state index is 13.4. The largest absolute Gasteiger partial charge is 0.480 e. The van der Waals surface area contributed by atoms with E-state index in [9.17, 15) is 18.0 Å². The summed E-state index contributed by atoms with van der Waals surface area (Å²) < 4.78 is 35.5. The first-order valence-corrected chi connectivity index (χ1v) is 14.1. The molecular formula is C25H29ClN4O6S. The Labute approximate surface area is 220 Å². The molecule has 1 aliphatic rings. The molecule has 1 saturated heterocycles. The molecule has 1 fully saturated rings. The number of morpholine rings is 1. The Bertz CT molecular complexity index is 1440. The molecule has 1 atom stereocenters. The van der Waals surface area contributed by atoms with Gasteiger partial charge in [-0.15, -0.1) is 0 Å². The van der Waals surface area contributed by atoms with Crippen molar-refractivity contribution in [3.05, 3.63) is 58.4 Å². The number of aryl methyl sites for hydroxylation is 1. The monoisotopic (exact) mass is 548 g/mol. The molecule has 1 aromatic carbocycles. The molecule has 0 spiro atoms. The lowest BCUT2D eigenvalue weighted by atomic mass is 10.0. The van der Waals surface area contributed by atoms with E-state index in [0.29, 0.717) is 37.3 Å². The summed E-state index contributed by atoms with van der Waals surface area (Å²) in [6.45, 7) is 1.25. The number of halogens is 1. The fourth-order valence-corrected chi connectivity index (χ4v) is 5.15. The molecule has 4 rings (SSSR count). The fourth-order valence-electron chi connectivity index (χ4n) is 4.43. The maximum Gasteiger partial charge on any atom is 0.255 e. The van der Waals surface area contributed by atoms with Gasteiger partial charge in [0.15, 0.2) is 0 Å². The van der Waals surface area contributed by atoms with Crippen LogP contribution in [0.15, 0.2) is 36.7 Å². The van der Waals surface area contributed by atoms with E-state index in [2.05, 4.69) is 10.3 Å². The Morgan fingerprint density at radius 1 is 1.27 bits per heavy atom. The number of carbonyl (C=O) groups excluding carboxylic acids is 2. The molecule has 0 radical (unpaired) electrons. The van der Waals surface area contributed by atoms with Crippen LogP contribution in [0.5, 0.6) is 5.88 Å². The highest BCUT2D eigenvalue weighted by Gasteiger charge is 2.30. The Kier molecular flexibility index (Phi) is 8.05. The van der Waals surface area contributed by atoms with Gasteiger partial charge in [0, 0.05) is 55.3 Å². The summed E-state index contributed by atoms with van der Waals surface area (Å²) in [7, 11) is 0.206. The van der Waals surface area contributed by atoms with Crippen LogP contribution in [0, 0.1) is 0 Å². The average molecular weight is 549 g/mol. The van der Waals surface area contributed by atoms with Crippen LogP contribution in [0.4, 0.5) is 0 Å². The molecule has 3 heterocycles. The SMILES string of the molecule is COc1ncc(C(=O)N2CCOC[C@@H]2Cc2cn(C)c3ccc(C(=O)NCCS(C)(=O)=O)cc23)cc1Cl. The zero-order chi connectivity index (χ0) is 26.7. The van der Waals surface area contributed by atoms with Crippen molar-refractivity contribution >= 4 is 44.2 Å². The number of nitrogens with zero attached hydrogens (tertiary/aromatic N) is 3. The van der Waals surface area contributed by atoms with Gasteiger partial charge >= 0.3 is 0 Å². The number of methoxy groups -OCH3 is 1. The van der Waals surface area contributed by atoms with Crippen molar-refractivity contribution in [2.24, 2.45) is 7.05 Å². The minimum absolute atomic E-state index is 0.0398. The van der Waals surface area contributed by atoms with Crippen LogP contribution in [0.1, 0.15) is 26.3 Å². The van der Waals surface area contributed by atoms with Gasteiger partial charge in [0.2, 0.25) is 5.88 Å². The van der Waals surface area contributed by atoms with Crippen LogP contribution in [0.25, 0.3) is 10.9 Å². The molecule has 0 bridgehead atoms. The molecule has 1 aliphatic heterocycles. The number of benzene rings is 1. The molecule has 198 valence electrons. The summed E-state index contributed by atoms with van der Waals surface area (Å²) in [6.07, 6.45) is 5.08. The van der Waals surface area contributed by atoms with Gasteiger partial charge in [-0.3, -0.25) is 9.59 Å². The average Bonchev–Trinajstić information content (AvgIpc) is 3.17. The summed E-state index contributed by atoms with van der Waals surface area (Å²) in [5, 5.41) is 3.80. The lowest BCUT2D eigenvalue weighted by molar-refractivity contribution is -0.00159. The van der Waals surface area contributed by atoms with Gasteiger partial charge in [0.1, 0.15) is 14.9 Å². The van der Waals surface area contributed by atoms with E-state index in [0.717, 1.165) is 22.7 Å². The number of pyridine rings is 1. The van der Waals surface area contributed by atoms with Gasteiger partial charge in [0.05, 0.1) is 37.7 Å². The minimum Gasteiger partial charge on any atom is -0.480 e. The minimum atomic E-state index is -3.17. The smallest absolute Gasteiger partial charge is 0.255 e. The lowest BCUT2D eigenvalue weighted by Gasteiger charge is -2.35. The molecule has 10 nitrogen and oxygen atoms in total. The van der Waals surface area contributed by atoms with Crippen molar-refractivity contribution in [2.45, 2.75) is 12.5 Å². The number of aromatic nitrogens is 2. The first-order valence-electron chi connectivity index (χ1n) is 11.7. The highest BCUT2D eigenvalue weighted by molar-refractivity contribution is 7.90. The van der Waals surface area contributed by atoms with E-state index < -0.39 is 9.84 Å². The molecule has 0 saturated carbocycles. The van der Waals surface area contributed by atoms with Gasteiger partial charge in [-0.2, -0.15) is 0 Å². The predicted octanol–water partition coefficient (Wildman–Crippen LogP) is 2.09. The van der Waals surface area contributed by atoms with Crippen molar-refractivity contribution < 1.29 is 27.5 Å². The second kappa shape index (κ2) is 11.1. The summed E-state index contributed by atoms with van der Waals surface area (Å²) in [4.78, 5) is 31.9. The van der Waals surface area contributed by atoms with Crippen molar-refractivity contribution in [3.63, 3.8) is 0 Å². The summed E-state index contributed by atoms with van der Waals surface area (Å²) in [6, 6.07) is 6.68. The zero-order valence-electron chi connectivity index (χ0n) is 20.9. The number of nitrogens with one attached hydrogen (secondary N) is 1. The third-order valence-corrected chi connectivity index (χ3v) is 7.50. The molecule has 2 aromatic heterocycles. The van der Waals surface area contributed by atoms with Crippen molar-refractivity contribution in [2.75, 3.05) is 45.4 Å². The van der Waals surface area contributed by atoms with Crippen molar-refractivity contribution in [3.8, 4) is 5.88 Å². The number of amides is 2. The van der Waals surface area contributed by atoms with Crippen LogP contribution in [-0.2, 0) is 28.0 Å². The first-order chi connectivity index (χ1) is 17.6. The van der Waals surface area contributed by atoms with Gasteiger partial charge in [0.25, 0.3) is 11.8 Å². The van der Waals surface area contributed by atoms with E-state index in [1.165, 1.54) is 13.3 Å². The second-order valence-corrected chi connectivity index (χ2v) is 11.7. The summed E-state index contributed by atoms with van der Waals surface area (Å²) >= 11 is 6.19. The lowest BCUT2D eigenvalue weighted by Crippen LogP contribution is -2.49. The standard InChI is InChI=1S/C25H29ClN4O6S/c1-29-14-18(20-11-16(4-5-22(20)29)23(31)27-6-9-37(3,33)34)10-19-15-36-8-7-30(19)25(32)17-12-21(26)24(35-2)28-13-17/h4-5,11-14,19H,6-10,15H2,1-3H3,(H,27,31)/t19-/m0/s1. The quantitative estimate of drug-likeness (QED) is 0.457. The number of carbonyl (C=O) groups is 2. The highest BCUT2D eigenvalue weighted by atomic mass is 35.5. The van der Waals surface area contributed by atoms with Gasteiger partial charge in [-0.25, -0.2) is 13.4 Å². The van der Waals surface area contributed by atoms with Crippen molar-refractivity contribution in [1.29, 1.82) is 0 Å². The third kappa shape index (κ3) is 6.23. The van der Waals surface area contributed by atoms with Gasteiger partial charge in [-0.05, 0) is 36.2 Å². The van der Waals surface area contributed by atoms with Crippen LogP contribution < -0.4 is 10.1 Å². The van der Waals surface area contributed by atoms with Gasteiger partial charge < -0.3 is 24.3 Å². The van der Waals surface area contributed by atoms with Crippen LogP contribution in [0.3, 0.4) is 0 Å². The Balaban J connectivity index is 1.56. The van der Waals surface area contributed by atoms with Gasteiger partial charge in [-0.1, -0.05) is 11.6 Å². The Morgan fingerprint density at radius 2 is 2.05 bits per heavy atom. The molecule has 0 unspecified atom stereocenters.